The minimum Gasteiger partial charge on any atom is -0.548 e. The molecule has 1 rings (SSSR count). The van der Waals surface area contributed by atoms with Gasteiger partial charge in [-0.05, 0) is 47.2 Å². The Kier molecular flexibility index (Phi) is 5.08. The molecule has 0 spiro atoms. The van der Waals surface area contributed by atoms with Crippen molar-refractivity contribution in [2.75, 3.05) is 5.32 Å². The standard InChI is InChI=1S/C11H11ClINO2/c1-2-3-9(11(15)16)14-10-6-7(12)4-5-8(10)13/h2,4-6,9,14H,1,3H2,(H,15,16)/p-1. The molecule has 1 unspecified atom stereocenters. The van der Waals surface area contributed by atoms with Crippen LogP contribution in [0.1, 0.15) is 6.42 Å². The van der Waals surface area contributed by atoms with Crippen LogP contribution in [-0.4, -0.2) is 12.0 Å². The second-order valence-corrected chi connectivity index (χ2v) is 4.76. The first kappa shape index (κ1) is 13.3. The summed E-state index contributed by atoms with van der Waals surface area (Å²) in [6, 6.07) is 4.45. The Labute approximate surface area is 113 Å². The molecule has 0 saturated heterocycles. The van der Waals surface area contributed by atoms with Crippen molar-refractivity contribution < 1.29 is 9.90 Å². The summed E-state index contributed by atoms with van der Waals surface area (Å²) in [6.07, 6.45) is 1.83. The number of benzene rings is 1. The van der Waals surface area contributed by atoms with Crippen LogP contribution in [0.15, 0.2) is 30.9 Å². The highest BCUT2D eigenvalue weighted by Crippen LogP contribution is 2.23. The zero-order valence-electron chi connectivity index (χ0n) is 8.37. The van der Waals surface area contributed by atoms with Gasteiger partial charge in [-0.25, -0.2) is 0 Å². The Morgan fingerprint density at radius 1 is 1.69 bits per heavy atom. The van der Waals surface area contributed by atoms with Gasteiger partial charge in [0.1, 0.15) is 0 Å². The van der Waals surface area contributed by atoms with Gasteiger partial charge in [0.25, 0.3) is 0 Å². The summed E-state index contributed by atoms with van der Waals surface area (Å²) in [6.45, 7) is 3.51. The maximum Gasteiger partial charge on any atom is 0.0693 e. The van der Waals surface area contributed by atoms with Gasteiger partial charge in [0.15, 0.2) is 0 Å². The molecule has 1 aromatic carbocycles. The fourth-order valence-electron chi connectivity index (χ4n) is 1.18. The number of carboxylic acid groups (broad SMARTS) is 1. The molecule has 5 heteroatoms. The molecule has 1 atom stereocenters. The third-order valence-electron chi connectivity index (χ3n) is 1.95. The van der Waals surface area contributed by atoms with Gasteiger partial charge in [-0.2, -0.15) is 0 Å². The van der Waals surface area contributed by atoms with Crippen molar-refractivity contribution in [2.24, 2.45) is 0 Å². The minimum absolute atomic E-state index is 0.297. The number of carbonyl (C=O) groups is 1. The van der Waals surface area contributed by atoms with Gasteiger partial charge < -0.3 is 15.2 Å². The molecular weight excluding hydrogens is 340 g/mol. The molecule has 0 radical (unpaired) electrons. The highest BCUT2D eigenvalue weighted by atomic mass is 127. The number of anilines is 1. The molecular formula is C11H10ClINO2-. The van der Waals surface area contributed by atoms with Crippen LogP contribution in [-0.2, 0) is 4.79 Å². The van der Waals surface area contributed by atoms with Crippen molar-refractivity contribution in [3.63, 3.8) is 0 Å². The van der Waals surface area contributed by atoms with Gasteiger partial charge in [0.05, 0.1) is 12.0 Å². The Balaban J connectivity index is 2.88. The van der Waals surface area contributed by atoms with Crippen LogP contribution < -0.4 is 10.4 Å². The predicted octanol–water partition coefficient (Wildman–Crippen LogP) is 2.05. The quantitative estimate of drug-likeness (QED) is 0.653. The maximum absolute atomic E-state index is 10.8. The van der Waals surface area contributed by atoms with E-state index < -0.39 is 12.0 Å². The molecule has 86 valence electrons. The van der Waals surface area contributed by atoms with Crippen LogP contribution in [0.2, 0.25) is 5.02 Å². The smallest absolute Gasteiger partial charge is 0.0693 e. The molecule has 0 amide bonds. The fraction of sp³-hybridized carbons (Fsp3) is 0.182. The summed E-state index contributed by atoms with van der Waals surface area (Å²) in [5, 5.41) is 14.3. The van der Waals surface area contributed by atoms with Gasteiger partial charge in [0.2, 0.25) is 0 Å². The number of hydrogen-bond acceptors (Lipinski definition) is 3. The molecule has 0 aliphatic heterocycles. The third kappa shape index (κ3) is 3.68. The number of aliphatic carboxylic acids is 1. The van der Waals surface area contributed by atoms with Crippen molar-refractivity contribution in [2.45, 2.75) is 12.5 Å². The Bertz CT molecular complexity index is 409. The largest absolute Gasteiger partial charge is 0.548 e. The molecule has 0 aromatic heterocycles. The van der Waals surface area contributed by atoms with Crippen molar-refractivity contribution in [1.29, 1.82) is 0 Å². The van der Waals surface area contributed by atoms with Crippen LogP contribution in [0.3, 0.4) is 0 Å². The number of carbonyl (C=O) groups excluding carboxylic acids is 1. The zero-order chi connectivity index (χ0) is 12.1. The number of halogens is 2. The van der Waals surface area contributed by atoms with Crippen LogP contribution >= 0.6 is 34.2 Å². The van der Waals surface area contributed by atoms with Gasteiger partial charge in [-0.3, -0.25) is 0 Å². The molecule has 0 saturated carbocycles. The average molecular weight is 351 g/mol. The lowest BCUT2D eigenvalue weighted by molar-refractivity contribution is -0.306. The lowest BCUT2D eigenvalue weighted by atomic mass is 10.2. The van der Waals surface area contributed by atoms with Crippen molar-refractivity contribution >= 4 is 45.8 Å². The third-order valence-corrected chi connectivity index (χ3v) is 3.12. The van der Waals surface area contributed by atoms with Crippen molar-refractivity contribution in [3.05, 3.63) is 39.4 Å². The molecule has 1 N–H and O–H groups in total. The van der Waals surface area contributed by atoms with E-state index in [9.17, 15) is 9.90 Å². The van der Waals surface area contributed by atoms with Crippen molar-refractivity contribution in [3.8, 4) is 0 Å². The maximum atomic E-state index is 10.8. The Hall–Kier alpha value is -0.750. The normalized spacial score (nSPS) is 11.9. The first-order valence-electron chi connectivity index (χ1n) is 4.58. The summed E-state index contributed by atoms with van der Waals surface area (Å²) in [4.78, 5) is 10.8. The van der Waals surface area contributed by atoms with Crippen LogP contribution in [0.4, 0.5) is 5.69 Å². The van der Waals surface area contributed by atoms with E-state index in [0.29, 0.717) is 17.1 Å². The topological polar surface area (TPSA) is 52.2 Å². The molecule has 0 heterocycles. The Morgan fingerprint density at radius 2 is 2.38 bits per heavy atom. The first-order valence-corrected chi connectivity index (χ1v) is 6.03. The average Bonchev–Trinajstić information content (AvgIpc) is 2.22. The second-order valence-electron chi connectivity index (χ2n) is 3.16. The summed E-state index contributed by atoms with van der Waals surface area (Å²) >= 11 is 7.93. The number of carboxylic acids is 1. The number of rotatable bonds is 5. The van der Waals surface area contributed by atoms with E-state index in [1.807, 2.05) is 6.07 Å². The van der Waals surface area contributed by atoms with Crippen LogP contribution in [0.5, 0.6) is 0 Å². The molecule has 0 aliphatic carbocycles. The summed E-state index contributed by atoms with van der Waals surface area (Å²) in [5.74, 6) is -1.16. The predicted molar refractivity (Wildman–Crippen MR) is 71.4 cm³/mol. The lowest BCUT2D eigenvalue weighted by Crippen LogP contribution is -2.40. The van der Waals surface area contributed by atoms with E-state index in [4.69, 9.17) is 11.6 Å². The van der Waals surface area contributed by atoms with Crippen molar-refractivity contribution in [1.82, 2.24) is 0 Å². The Morgan fingerprint density at radius 3 is 2.94 bits per heavy atom. The number of nitrogens with one attached hydrogen (secondary N) is 1. The van der Waals surface area contributed by atoms with Gasteiger partial charge in [0, 0.05) is 14.3 Å². The monoisotopic (exact) mass is 350 g/mol. The van der Waals surface area contributed by atoms with Crippen LogP contribution in [0, 0.1) is 3.57 Å². The lowest BCUT2D eigenvalue weighted by Gasteiger charge is -2.20. The summed E-state index contributed by atoms with van der Waals surface area (Å²) < 4.78 is 0.900. The highest BCUT2D eigenvalue weighted by Gasteiger charge is 2.09. The first-order chi connectivity index (χ1) is 7.54. The fourth-order valence-corrected chi connectivity index (χ4v) is 1.84. The SMILES string of the molecule is C=CCC(Nc1cc(Cl)ccc1I)C(=O)[O-]. The van der Waals surface area contributed by atoms with Crippen LogP contribution in [0.25, 0.3) is 0 Å². The van der Waals surface area contributed by atoms with E-state index in [1.54, 1.807) is 12.1 Å². The summed E-state index contributed by atoms with van der Waals surface area (Å²) in [5.41, 5.74) is 0.684. The van der Waals surface area contributed by atoms with E-state index in [2.05, 4.69) is 34.5 Å². The molecule has 0 aliphatic rings. The second kappa shape index (κ2) is 6.10. The minimum atomic E-state index is -1.16. The zero-order valence-corrected chi connectivity index (χ0v) is 11.3. The highest BCUT2D eigenvalue weighted by molar-refractivity contribution is 14.1. The van der Waals surface area contributed by atoms with E-state index in [0.717, 1.165) is 3.57 Å². The van der Waals surface area contributed by atoms with E-state index in [1.165, 1.54) is 6.08 Å². The van der Waals surface area contributed by atoms with Gasteiger partial charge in [-0.15, -0.1) is 6.58 Å². The molecule has 1 aromatic rings. The molecule has 0 bridgehead atoms. The van der Waals surface area contributed by atoms with E-state index >= 15 is 0 Å². The molecule has 3 nitrogen and oxygen atoms in total. The molecule has 0 fully saturated rings. The van der Waals surface area contributed by atoms with E-state index in [-0.39, 0.29) is 0 Å². The van der Waals surface area contributed by atoms with Gasteiger partial charge in [-0.1, -0.05) is 17.7 Å². The summed E-state index contributed by atoms with van der Waals surface area (Å²) in [7, 11) is 0. The molecule has 16 heavy (non-hydrogen) atoms. The number of hydrogen-bond donors (Lipinski definition) is 1. The van der Waals surface area contributed by atoms with Gasteiger partial charge >= 0.3 is 0 Å².